The zero-order valence-corrected chi connectivity index (χ0v) is 44.2. The van der Waals surface area contributed by atoms with Crippen LogP contribution in [-0.4, -0.2) is 95.0 Å². The predicted molar refractivity (Wildman–Crippen MR) is 279 cm³/mol. The second-order valence-electron chi connectivity index (χ2n) is 16.8. The van der Waals surface area contributed by atoms with Gasteiger partial charge in [0.1, 0.15) is 31.5 Å². The van der Waals surface area contributed by atoms with Crippen LogP contribution in [0.2, 0.25) is 0 Å². The molecule has 5 atom stereocenters. The highest BCUT2D eigenvalue weighted by Gasteiger charge is 2.28. The molecule has 0 aliphatic heterocycles. The average Bonchev–Trinajstić information content (AvgIpc) is 3.34. The van der Waals surface area contributed by atoms with Gasteiger partial charge in [0.15, 0.2) is 0 Å². The van der Waals surface area contributed by atoms with Gasteiger partial charge in [0, 0.05) is 12.8 Å². The number of ether oxygens (including phenoxy) is 2. The smallest absolute Gasteiger partial charge is 0.463 e. The Balaban J connectivity index is 3.95. The number of carbonyl (C=O) groups excluding carboxylic acids is 2. The summed E-state index contributed by atoms with van der Waals surface area (Å²) >= 11 is 0. The van der Waals surface area contributed by atoms with Crippen molar-refractivity contribution >= 4 is 27.6 Å². The molecule has 0 fully saturated rings. The molecule has 15 nitrogen and oxygen atoms in total. The van der Waals surface area contributed by atoms with Gasteiger partial charge in [-0.3, -0.25) is 27.7 Å². The van der Waals surface area contributed by atoms with Crippen LogP contribution >= 0.6 is 15.6 Å². The highest BCUT2D eigenvalue weighted by atomic mass is 31.2. The fraction of sp³-hybridized carbons (Fsp3) is 0.660. The van der Waals surface area contributed by atoms with Crippen LogP contribution < -0.4 is 0 Å². The fourth-order valence-corrected chi connectivity index (χ4v) is 7.68. The first-order valence-electron chi connectivity index (χ1n) is 25.6. The predicted octanol–water partition coefficient (Wildman–Crippen LogP) is 12.3. The van der Waals surface area contributed by atoms with Crippen molar-refractivity contribution in [1.82, 2.24) is 0 Å². The molecule has 17 heteroatoms. The van der Waals surface area contributed by atoms with Gasteiger partial charge in [-0.1, -0.05) is 169 Å². The molecule has 0 aliphatic carbocycles. The molecule has 402 valence electrons. The number of carbonyl (C=O) groups is 2. The minimum atomic E-state index is -4.81. The van der Waals surface area contributed by atoms with Crippen molar-refractivity contribution in [3.8, 4) is 0 Å². The first kappa shape index (κ1) is 67.0. The second-order valence-corrected chi connectivity index (χ2v) is 19.7. The molecule has 0 heterocycles. The van der Waals surface area contributed by atoms with Gasteiger partial charge in [-0.05, 0) is 83.5 Å². The molecule has 5 N–H and O–H groups in total. The number of rotatable bonds is 48. The van der Waals surface area contributed by atoms with E-state index in [2.05, 4.69) is 111 Å². The van der Waals surface area contributed by atoms with E-state index in [0.29, 0.717) is 19.3 Å². The lowest BCUT2D eigenvalue weighted by atomic mass is 10.1. The van der Waals surface area contributed by atoms with Crippen molar-refractivity contribution in [2.75, 3.05) is 39.6 Å². The Labute approximate surface area is 420 Å². The maximum Gasteiger partial charge on any atom is 0.472 e. The molecule has 0 radical (unpaired) electrons. The van der Waals surface area contributed by atoms with Crippen LogP contribution in [0.4, 0.5) is 0 Å². The van der Waals surface area contributed by atoms with Crippen LogP contribution in [0.3, 0.4) is 0 Å². The maximum atomic E-state index is 12.2. The summed E-state index contributed by atoms with van der Waals surface area (Å²) in [5.41, 5.74) is 0. The lowest BCUT2D eigenvalue weighted by Gasteiger charge is -2.19. The van der Waals surface area contributed by atoms with Crippen molar-refractivity contribution in [1.29, 1.82) is 0 Å². The Bertz CT molecular complexity index is 1620. The van der Waals surface area contributed by atoms with Gasteiger partial charge in [-0.25, -0.2) is 9.13 Å². The number of hydrogen-bond acceptors (Lipinski definition) is 13. The van der Waals surface area contributed by atoms with E-state index in [-0.39, 0.29) is 12.8 Å². The zero-order chi connectivity index (χ0) is 51.7. The lowest BCUT2D eigenvalue weighted by Crippen LogP contribution is -2.25. The van der Waals surface area contributed by atoms with Crippen molar-refractivity contribution in [3.05, 3.63) is 97.2 Å². The zero-order valence-electron chi connectivity index (χ0n) is 42.4. The van der Waals surface area contributed by atoms with Crippen LogP contribution in [0.25, 0.3) is 0 Å². The largest absolute Gasteiger partial charge is 0.472 e. The summed E-state index contributed by atoms with van der Waals surface area (Å²) in [5.74, 6) is -1.09. The van der Waals surface area contributed by atoms with E-state index in [0.717, 1.165) is 64.2 Å². The Morgan fingerprint density at radius 1 is 0.386 bits per heavy atom. The Hall–Kier alpha value is -3.04. The number of allylic oxidation sites excluding steroid dienone is 16. The van der Waals surface area contributed by atoms with E-state index in [4.69, 9.17) is 9.47 Å². The van der Waals surface area contributed by atoms with Gasteiger partial charge >= 0.3 is 27.6 Å². The quantitative estimate of drug-likeness (QED) is 0.0165. The first-order chi connectivity index (χ1) is 33.8. The number of phosphoric acid groups is 2. The van der Waals surface area contributed by atoms with E-state index in [9.17, 15) is 43.8 Å². The van der Waals surface area contributed by atoms with E-state index in [1.54, 1.807) is 0 Å². The summed E-state index contributed by atoms with van der Waals surface area (Å²) in [7, 11) is -9.61. The molecule has 0 aliphatic rings. The molecule has 0 aromatic heterocycles. The molecule has 0 bridgehead atoms. The number of unbranched alkanes of at least 4 members (excludes halogenated alkanes) is 12. The van der Waals surface area contributed by atoms with E-state index in [1.165, 1.54) is 57.8 Å². The number of hydrogen-bond donors (Lipinski definition) is 5. The van der Waals surface area contributed by atoms with Gasteiger partial charge in [-0.2, -0.15) is 0 Å². The lowest BCUT2D eigenvalue weighted by molar-refractivity contribution is -0.148. The molecule has 5 unspecified atom stereocenters. The standard InChI is InChI=1S/C53H90O15P2/c1-3-5-7-9-11-13-15-17-19-21-23-25-27-29-31-33-35-37-39-41-52(57)63-43-49(54)45-65-69(59,60)67-47-51(56)48-68-70(61,62)66-46-50(55)44-64-53(58)42-40-38-36-34-32-30-28-26-24-22-20-18-16-14-12-10-8-6-4-2/h5,7,11-14,17-20,23,25,29,31,35,37,49-51,54-56H,3-4,6,8-10,15-16,21-22,24,26-28,30,32-34,36,38-48H2,1-2H3,(H,59,60)(H,61,62)/b7-5-,13-11-,14-12-,19-17-,20-18-,25-23-,31-29-,37-35-. The number of aliphatic hydroxyl groups is 3. The van der Waals surface area contributed by atoms with Crippen molar-refractivity contribution in [2.24, 2.45) is 0 Å². The maximum absolute atomic E-state index is 12.2. The third kappa shape index (κ3) is 49.9. The Morgan fingerprint density at radius 2 is 0.686 bits per heavy atom. The van der Waals surface area contributed by atoms with Gasteiger partial charge in [0.2, 0.25) is 0 Å². The first-order valence-corrected chi connectivity index (χ1v) is 28.6. The SMILES string of the molecule is CC/C=C\C/C=C\C/C=C\C/C=C\C/C=C\C/C=C\CCC(=O)OCC(O)COP(=O)(O)OCC(O)COP(=O)(O)OCC(O)COC(=O)CCCCCCCCCCC/C=C\C/C=C\CCCCC. The Kier molecular flexibility index (Phi) is 46.1. The number of aliphatic hydroxyl groups excluding tert-OH is 3. The molecule has 0 aromatic carbocycles. The molecule has 0 saturated heterocycles. The van der Waals surface area contributed by atoms with Crippen molar-refractivity contribution in [3.63, 3.8) is 0 Å². The van der Waals surface area contributed by atoms with Crippen LogP contribution in [0, 0.1) is 0 Å². The molecule has 0 saturated carbocycles. The molecular weight excluding hydrogens is 939 g/mol. The summed E-state index contributed by atoms with van der Waals surface area (Å²) in [4.78, 5) is 43.8. The van der Waals surface area contributed by atoms with Gasteiger partial charge in [0.05, 0.1) is 26.4 Å². The highest BCUT2D eigenvalue weighted by molar-refractivity contribution is 7.47. The minimum Gasteiger partial charge on any atom is -0.463 e. The van der Waals surface area contributed by atoms with Crippen molar-refractivity contribution < 1.29 is 71.4 Å². The van der Waals surface area contributed by atoms with Crippen LogP contribution in [-0.2, 0) is 46.3 Å². The van der Waals surface area contributed by atoms with Gasteiger partial charge < -0.3 is 34.6 Å². The third-order valence-electron chi connectivity index (χ3n) is 10.0. The number of esters is 2. The highest BCUT2D eigenvalue weighted by Crippen LogP contribution is 2.45. The monoisotopic (exact) mass is 1030 g/mol. The van der Waals surface area contributed by atoms with E-state index in [1.807, 2.05) is 18.2 Å². The molecule has 0 rings (SSSR count). The van der Waals surface area contributed by atoms with Gasteiger partial charge in [-0.15, -0.1) is 0 Å². The summed E-state index contributed by atoms with van der Waals surface area (Å²) in [6.45, 7) is 0.177. The second kappa shape index (κ2) is 48.2. The van der Waals surface area contributed by atoms with Crippen LogP contribution in [0.1, 0.15) is 168 Å². The van der Waals surface area contributed by atoms with E-state index >= 15 is 0 Å². The van der Waals surface area contributed by atoms with Crippen LogP contribution in [0.15, 0.2) is 97.2 Å². The number of phosphoric ester groups is 2. The van der Waals surface area contributed by atoms with Crippen molar-refractivity contribution in [2.45, 2.75) is 186 Å². The minimum absolute atomic E-state index is 0.0665. The third-order valence-corrected chi connectivity index (χ3v) is 11.9. The Morgan fingerprint density at radius 3 is 1.07 bits per heavy atom. The topological polar surface area (TPSA) is 225 Å². The normalized spacial score (nSPS) is 15.7. The van der Waals surface area contributed by atoms with Crippen LogP contribution in [0.5, 0.6) is 0 Å². The molecule has 0 amide bonds. The summed E-state index contributed by atoms with van der Waals surface area (Å²) in [6, 6.07) is 0. The molecule has 0 spiro atoms. The summed E-state index contributed by atoms with van der Waals surface area (Å²) < 4.78 is 53.0. The van der Waals surface area contributed by atoms with E-state index < -0.39 is 85.5 Å². The fourth-order valence-electron chi connectivity index (χ4n) is 6.09. The molecule has 0 aromatic rings. The molecule has 70 heavy (non-hydrogen) atoms. The average molecular weight is 1030 g/mol. The molecular formula is C53H90O15P2. The summed E-state index contributed by atoms with van der Waals surface area (Å²) in [6.07, 6.45) is 52.6. The van der Waals surface area contributed by atoms with Gasteiger partial charge in [0.25, 0.3) is 0 Å². The summed E-state index contributed by atoms with van der Waals surface area (Å²) in [5, 5.41) is 30.1.